The molecule has 1 aromatic carbocycles. The Balaban J connectivity index is 2.10. The summed E-state index contributed by atoms with van der Waals surface area (Å²) in [7, 11) is 2.89. The lowest BCUT2D eigenvalue weighted by atomic mass is 9.91. The van der Waals surface area contributed by atoms with Gasteiger partial charge in [-0.2, -0.15) is 13.2 Å². The van der Waals surface area contributed by atoms with Gasteiger partial charge in [0.1, 0.15) is 0 Å². The minimum Gasteiger partial charge on any atom is -0.493 e. The topological polar surface area (TPSA) is 52.6 Å². The molecule has 0 radical (unpaired) electrons. The summed E-state index contributed by atoms with van der Waals surface area (Å²) in [4.78, 5) is 24.5. The van der Waals surface area contributed by atoms with E-state index in [4.69, 9.17) is 9.47 Å². The van der Waals surface area contributed by atoms with Crippen molar-refractivity contribution in [1.29, 1.82) is 0 Å². The van der Waals surface area contributed by atoms with E-state index in [1.54, 1.807) is 12.1 Å². The molecule has 0 bridgehead atoms. The predicted molar refractivity (Wildman–Crippen MR) is 89.6 cm³/mol. The highest BCUT2D eigenvalue weighted by Crippen LogP contribution is 2.35. The highest BCUT2D eigenvalue weighted by Gasteiger charge is 2.37. The van der Waals surface area contributed by atoms with Gasteiger partial charge in [-0.3, -0.25) is 9.59 Å². The van der Waals surface area contributed by atoms with Crippen LogP contribution in [-0.2, 0) is 4.79 Å². The van der Waals surface area contributed by atoms with Gasteiger partial charge in [0.2, 0.25) is 0 Å². The van der Waals surface area contributed by atoms with Gasteiger partial charge in [-0.25, -0.2) is 0 Å². The molecular formula is C19H19F3O4. The fraction of sp³-hybridized carbons (Fsp3) is 0.368. The fourth-order valence-corrected chi connectivity index (χ4v) is 2.74. The average molecular weight is 368 g/mol. The third-order valence-corrected chi connectivity index (χ3v) is 4.10. The number of allylic oxidation sites excluding steroid dienone is 4. The Morgan fingerprint density at radius 1 is 1.04 bits per heavy atom. The van der Waals surface area contributed by atoms with Crippen molar-refractivity contribution >= 4 is 11.6 Å². The van der Waals surface area contributed by atoms with Gasteiger partial charge in [0.15, 0.2) is 23.1 Å². The summed E-state index contributed by atoms with van der Waals surface area (Å²) in [5.41, 5.74) is -0.855. The Labute approximate surface area is 149 Å². The number of halogens is 3. The van der Waals surface area contributed by atoms with Gasteiger partial charge in [-0.05, 0) is 31.0 Å². The maximum Gasteiger partial charge on any atom is 0.413 e. The van der Waals surface area contributed by atoms with E-state index >= 15 is 0 Å². The zero-order valence-electron chi connectivity index (χ0n) is 14.5. The van der Waals surface area contributed by atoms with Crippen molar-refractivity contribution in [3.05, 3.63) is 47.1 Å². The molecular weight excluding hydrogens is 349 g/mol. The highest BCUT2D eigenvalue weighted by atomic mass is 19.4. The molecule has 26 heavy (non-hydrogen) atoms. The molecule has 4 nitrogen and oxygen atoms in total. The largest absolute Gasteiger partial charge is 0.493 e. The van der Waals surface area contributed by atoms with Gasteiger partial charge in [0, 0.05) is 29.6 Å². The molecule has 0 aromatic heterocycles. The summed E-state index contributed by atoms with van der Waals surface area (Å²) in [6, 6.07) is 4.56. The number of alkyl halides is 3. The van der Waals surface area contributed by atoms with E-state index in [0.717, 1.165) is 0 Å². The molecule has 2 rings (SSSR count). The van der Waals surface area contributed by atoms with Crippen LogP contribution in [0.1, 0.15) is 36.0 Å². The van der Waals surface area contributed by atoms with E-state index in [2.05, 4.69) is 0 Å². The van der Waals surface area contributed by atoms with Crippen molar-refractivity contribution in [2.75, 3.05) is 14.2 Å². The molecule has 0 spiro atoms. The molecule has 0 fully saturated rings. The number of Topliss-reactive ketones (excluding diaryl/α,β-unsaturated/α-hetero) is 2. The van der Waals surface area contributed by atoms with Crippen LogP contribution in [0.5, 0.6) is 11.5 Å². The van der Waals surface area contributed by atoms with Crippen molar-refractivity contribution < 1.29 is 32.2 Å². The second-order valence-electron chi connectivity index (χ2n) is 5.75. The van der Waals surface area contributed by atoms with Crippen LogP contribution in [0.2, 0.25) is 0 Å². The highest BCUT2D eigenvalue weighted by molar-refractivity contribution is 6.03. The van der Waals surface area contributed by atoms with Crippen molar-refractivity contribution in [2.45, 2.75) is 31.9 Å². The minimum atomic E-state index is -4.54. The molecule has 0 amide bonds. The van der Waals surface area contributed by atoms with E-state index in [1.807, 2.05) is 0 Å². The van der Waals surface area contributed by atoms with Crippen LogP contribution in [0.25, 0.3) is 0 Å². The number of methoxy groups -OCH3 is 2. The molecule has 140 valence electrons. The molecule has 0 atom stereocenters. The molecule has 1 aliphatic carbocycles. The zero-order chi connectivity index (χ0) is 19.3. The Bertz CT molecular complexity index is 761. The number of ether oxygens (including phenoxy) is 2. The number of carbonyl (C=O) groups is 2. The van der Waals surface area contributed by atoms with Crippen molar-refractivity contribution in [1.82, 2.24) is 0 Å². The molecule has 0 N–H and O–H groups in total. The summed E-state index contributed by atoms with van der Waals surface area (Å²) in [5.74, 6) is -0.218. The molecule has 0 heterocycles. The molecule has 0 saturated carbocycles. The Kier molecular flexibility index (Phi) is 6.23. The second kappa shape index (κ2) is 8.21. The average Bonchev–Trinajstić information content (AvgIpc) is 2.64. The number of hydrogen-bond acceptors (Lipinski definition) is 4. The minimum absolute atomic E-state index is 0.184. The number of hydrogen-bond donors (Lipinski definition) is 0. The van der Waals surface area contributed by atoms with Crippen LogP contribution in [0.15, 0.2) is 41.5 Å². The number of carbonyl (C=O) groups excluding carboxylic acids is 2. The summed E-state index contributed by atoms with van der Waals surface area (Å²) < 4.78 is 49.3. The quantitative estimate of drug-likeness (QED) is 0.668. The van der Waals surface area contributed by atoms with Crippen LogP contribution in [0, 0.1) is 0 Å². The predicted octanol–water partition coefficient (Wildman–Crippen LogP) is 4.44. The van der Waals surface area contributed by atoms with Gasteiger partial charge < -0.3 is 9.47 Å². The molecule has 0 unspecified atom stereocenters. The lowest BCUT2D eigenvalue weighted by molar-refractivity contribution is -0.117. The second-order valence-corrected chi connectivity index (χ2v) is 5.75. The summed E-state index contributed by atoms with van der Waals surface area (Å²) in [6.45, 7) is 0. The molecule has 1 aromatic rings. The molecule has 1 aliphatic rings. The summed E-state index contributed by atoms with van der Waals surface area (Å²) in [6.07, 6.45) is -2.23. The van der Waals surface area contributed by atoms with Gasteiger partial charge in [0.05, 0.1) is 14.2 Å². The van der Waals surface area contributed by atoms with E-state index in [1.165, 1.54) is 32.4 Å². The number of rotatable bonds is 7. The smallest absolute Gasteiger partial charge is 0.413 e. The first-order valence-corrected chi connectivity index (χ1v) is 8.03. The van der Waals surface area contributed by atoms with Crippen LogP contribution in [0.4, 0.5) is 13.2 Å². The monoisotopic (exact) mass is 368 g/mol. The van der Waals surface area contributed by atoms with Gasteiger partial charge >= 0.3 is 6.18 Å². The molecule has 0 aliphatic heterocycles. The fourth-order valence-electron chi connectivity index (χ4n) is 2.74. The number of benzene rings is 1. The molecule has 7 heteroatoms. The Morgan fingerprint density at radius 2 is 1.69 bits per heavy atom. The zero-order valence-corrected chi connectivity index (χ0v) is 14.5. The van der Waals surface area contributed by atoms with Crippen LogP contribution in [-0.4, -0.2) is 32.0 Å². The first kappa shape index (κ1) is 19.8. The normalized spacial score (nSPS) is 14.3. The first-order valence-electron chi connectivity index (χ1n) is 8.03. The van der Waals surface area contributed by atoms with Crippen molar-refractivity contribution in [3.63, 3.8) is 0 Å². The standard InChI is InChI=1S/C19H19F3O4/c1-25-17-10-7-12(11-18(17)26-2)15(23)8-9-16(24)13-5-3-4-6-14(13)19(20,21)22/h3,5,7,10-11H,4,6,8-9H2,1-2H3. The Hall–Kier alpha value is -2.57. The summed E-state index contributed by atoms with van der Waals surface area (Å²) >= 11 is 0. The number of ketones is 2. The van der Waals surface area contributed by atoms with Gasteiger partial charge in [-0.15, -0.1) is 0 Å². The van der Waals surface area contributed by atoms with Gasteiger partial charge in [0.25, 0.3) is 0 Å². The van der Waals surface area contributed by atoms with Gasteiger partial charge in [-0.1, -0.05) is 12.2 Å². The van der Waals surface area contributed by atoms with E-state index < -0.39 is 17.5 Å². The lowest BCUT2D eigenvalue weighted by Crippen LogP contribution is -2.19. The first-order chi connectivity index (χ1) is 12.3. The van der Waals surface area contributed by atoms with E-state index in [9.17, 15) is 22.8 Å². The van der Waals surface area contributed by atoms with Crippen LogP contribution >= 0.6 is 0 Å². The van der Waals surface area contributed by atoms with Crippen molar-refractivity contribution in [3.8, 4) is 11.5 Å². The summed E-state index contributed by atoms with van der Waals surface area (Å²) in [5, 5.41) is 0. The lowest BCUT2D eigenvalue weighted by Gasteiger charge is -2.17. The van der Waals surface area contributed by atoms with Crippen molar-refractivity contribution in [2.24, 2.45) is 0 Å². The third kappa shape index (κ3) is 4.53. The maximum atomic E-state index is 13.0. The van der Waals surface area contributed by atoms with E-state index in [-0.39, 0.29) is 37.0 Å². The Morgan fingerprint density at radius 3 is 2.31 bits per heavy atom. The maximum absolute atomic E-state index is 13.0. The van der Waals surface area contributed by atoms with Crippen LogP contribution < -0.4 is 9.47 Å². The van der Waals surface area contributed by atoms with Crippen LogP contribution in [0.3, 0.4) is 0 Å². The molecule has 0 saturated heterocycles. The SMILES string of the molecule is COc1ccc(C(=O)CCC(=O)C2=C(C(F)(F)F)CCC=C2)cc1OC. The van der Waals surface area contributed by atoms with E-state index in [0.29, 0.717) is 17.1 Å². The third-order valence-electron chi connectivity index (χ3n) is 4.10.